The van der Waals surface area contributed by atoms with Crippen LogP contribution in [0.2, 0.25) is 0 Å². The molecule has 0 amide bonds. The molecule has 5 nitrogen and oxygen atoms in total. The molecule has 0 saturated heterocycles. The number of rotatable bonds is 6. The number of unbranched alkanes of at least 4 members (excludes halogenated alkanes) is 1. The predicted octanol–water partition coefficient (Wildman–Crippen LogP) is 4.37. The quantitative estimate of drug-likeness (QED) is 0.401. The fourth-order valence-electron chi connectivity index (χ4n) is 3.04. The third kappa shape index (κ3) is 3.39. The molecule has 25 heavy (non-hydrogen) atoms. The van der Waals surface area contributed by atoms with Crippen molar-refractivity contribution in [1.82, 2.24) is 24.7 Å². The second-order valence-corrected chi connectivity index (χ2v) is 6.41. The Morgan fingerprint density at radius 3 is 2.52 bits per heavy atom. The standard InChI is InChI=1S/C19H19N5S/c25-19-23-22-18(24(19)14-8-2-1-3-9-14)13-7-6-12-17-20-15-10-4-5-11-16(15)21-17/h1-5,8-11H,6-7,12-13H2,(H,20,21)(H,23,25). The summed E-state index contributed by atoms with van der Waals surface area (Å²) in [6, 6.07) is 18.2. The zero-order valence-corrected chi connectivity index (χ0v) is 14.6. The first-order chi connectivity index (χ1) is 12.3. The third-order valence-corrected chi connectivity index (χ3v) is 4.53. The van der Waals surface area contributed by atoms with E-state index in [2.05, 4.69) is 26.2 Å². The highest BCUT2D eigenvalue weighted by atomic mass is 32.1. The van der Waals surface area contributed by atoms with E-state index in [1.54, 1.807) is 0 Å². The van der Waals surface area contributed by atoms with Crippen LogP contribution in [0, 0.1) is 4.77 Å². The van der Waals surface area contributed by atoms with Gasteiger partial charge >= 0.3 is 0 Å². The van der Waals surface area contributed by atoms with Crippen LogP contribution in [0.3, 0.4) is 0 Å². The lowest BCUT2D eigenvalue weighted by molar-refractivity contribution is 0.682. The lowest BCUT2D eigenvalue weighted by Crippen LogP contribution is -2.02. The molecule has 0 saturated carbocycles. The summed E-state index contributed by atoms with van der Waals surface area (Å²) in [5.41, 5.74) is 3.18. The molecule has 0 unspecified atom stereocenters. The Morgan fingerprint density at radius 2 is 1.68 bits per heavy atom. The van der Waals surface area contributed by atoms with E-state index in [1.165, 1.54) is 0 Å². The van der Waals surface area contributed by atoms with E-state index in [0.29, 0.717) is 4.77 Å². The summed E-state index contributed by atoms with van der Waals surface area (Å²) in [5, 5.41) is 7.30. The van der Waals surface area contributed by atoms with Crippen molar-refractivity contribution in [1.29, 1.82) is 0 Å². The lowest BCUT2D eigenvalue weighted by Gasteiger charge is -2.06. The molecule has 0 fully saturated rings. The highest BCUT2D eigenvalue weighted by molar-refractivity contribution is 7.71. The molecule has 6 heteroatoms. The summed E-state index contributed by atoms with van der Waals surface area (Å²) >= 11 is 5.38. The molecule has 2 aromatic carbocycles. The van der Waals surface area contributed by atoms with Crippen molar-refractivity contribution >= 4 is 23.3 Å². The molecule has 0 radical (unpaired) electrons. The monoisotopic (exact) mass is 349 g/mol. The molecule has 0 aliphatic rings. The van der Waals surface area contributed by atoms with Crippen molar-refractivity contribution in [2.75, 3.05) is 0 Å². The number of hydrogen-bond acceptors (Lipinski definition) is 3. The van der Waals surface area contributed by atoms with Gasteiger partial charge in [0.2, 0.25) is 0 Å². The summed E-state index contributed by atoms with van der Waals surface area (Å²) in [6.07, 6.45) is 3.89. The first-order valence-corrected chi connectivity index (χ1v) is 8.87. The molecular formula is C19H19N5S. The fraction of sp³-hybridized carbons (Fsp3) is 0.211. The van der Waals surface area contributed by atoms with Gasteiger partial charge in [0.05, 0.1) is 11.0 Å². The van der Waals surface area contributed by atoms with Gasteiger partial charge in [0.15, 0.2) is 4.77 Å². The number of aromatic nitrogens is 5. The molecule has 2 N–H and O–H groups in total. The van der Waals surface area contributed by atoms with Gasteiger partial charge in [-0.25, -0.2) is 4.98 Å². The molecule has 0 spiro atoms. The Morgan fingerprint density at radius 1 is 0.920 bits per heavy atom. The summed E-state index contributed by atoms with van der Waals surface area (Å²) in [4.78, 5) is 8.01. The second-order valence-electron chi connectivity index (χ2n) is 6.02. The Hall–Kier alpha value is -2.73. The van der Waals surface area contributed by atoms with Crippen molar-refractivity contribution in [2.24, 2.45) is 0 Å². The number of H-pyrrole nitrogens is 2. The Labute approximate surface area is 150 Å². The number of para-hydroxylation sites is 3. The van der Waals surface area contributed by atoms with E-state index in [1.807, 2.05) is 53.1 Å². The molecular weight excluding hydrogens is 330 g/mol. The number of fused-ring (bicyclic) bond motifs is 1. The first kappa shape index (κ1) is 15.8. The van der Waals surface area contributed by atoms with Gasteiger partial charge in [0.25, 0.3) is 0 Å². The highest BCUT2D eigenvalue weighted by Gasteiger charge is 2.08. The van der Waals surface area contributed by atoms with E-state index in [-0.39, 0.29) is 0 Å². The number of aryl methyl sites for hydroxylation is 2. The van der Waals surface area contributed by atoms with Gasteiger partial charge in [0, 0.05) is 18.5 Å². The highest BCUT2D eigenvalue weighted by Crippen LogP contribution is 2.15. The molecule has 126 valence electrons. The number of aromatic amines is 2. The van der Waals surface area contributed by atoms with Crippen molar-refractivity contribution in [3.63, 3.8) is 0 Å². The molecule has 2 aromatic heterocycles. The maximum atomic E-state index is 5.38. The lowest BCUT2D eigenvalue weighted by atomic mass is 10.2. The molecule has 2 heterocycles. The van der Waals surface area contributed by atoms with Crippen molar-refractivity contribution in [2.45, 2.75) is 25.7 Å². The molecule has 0 aliphatic heterocycles. The van der Waals surface area contributed by atoms with Gasteiger partial charge in [-0.2, -0.15) is 5.10 Å². The maximum Gasteiger partial charge on any atom is 0.199 e. The molecule has 0 bridgehead atoms. The number of hydrogen-bond donors (Lipinski definition) is 2. The van der Waals surface area contributed by atoms with Crippen LogP contribution in [-0.4, -0.2) is 24.7 Å². The summed E-state index contributed by atoms with van der Waals surface area (Å²) in [5.74, 6) is 2.02. The molecule has 0 aliphatic carbocycles. The largest absolute Gasteiger partial charge is 0.342 e. The minimum atomic E-state index is 0.637. The minimum Gasteiger partial charge on any atom is -0.342 e. The predicted molar refractivity (Wildman–Crippen MR) is 101 cm³/mol. The Kier molecular flexibility index (Phi) is 4.43. The number of nitrogens with zero attached hydrogens (tertiary/aromatic N) is 3. The van der Waals surface area contributed by atoms with Gasteiger partial charge in [-0.15, -0.1) is 0 Å². The topological polar surface area (TPSA) is 62.3 Å². The SMILES string of the molecule is S=c1[nH]nc(CCCCc2nc3ccccc3[nH]2)n1-c1ccccc1. The third-order valence-electron chi connectivity index (χ3n) is 4.26. The van der Waals surface area contributed by atoms with Gasteiger partial charge in [-0.1, -0.05) is 30.3 Å². The van der Waals surface area contributed by atoms with Crippen LogP contribution in [0.25, 0.3) is 16.7 Å². The maximum absolute atomic E-state index is 5.38. The molecule has 4 aromatic rings. The van der Waals surface area contributed by atoms with Gasteiger partial charge in [-0.05, 0) is 49.3 Å². The zero-order chi connectivity index (χ0) is 17.1. The first-order valence-electron chi connectivity index (χ1n) is 8.46. The smallest absolute Gasteiger partial charge is 0.199 e. The van der Waals surface area contributed by atoms with Crippen molar-refractivity contribution in [3.8, 4) is 5.69 Å². The van der Waals surface area contributed by atoms with Gasteiger partial charge < -0.3 is 4.98 Å². The number of benzene rings is 2. The van der Waals surface area contributed by atoms with Crippen LogP contribution < -0.4 is 0 Å². The van der Waals surface area contributed by atoms with E-state index in [4.69, 9.17) is 12.2 Å². The van der Waals surface area contributed by atoms with E-state index >= 15 is 0 Å². The molecule has 4 rings (SSSR count). The van der Waals surface area contributed by atoms with Crippen LogP contribution in [0.4, 0.5) is 0 Å². The van der Waals surface area contributed by atoms with Crippen LogP contribution >= 0.6 is 12.2 Å². The van der Waals surface area contributed by atoms with Crippen LogP contribution in [0.15, 0.2) is 54.6 Å². The molecule has 0 atom stereocenters. The van der Waals surface area contributed by atoms with Crippen LogP contribution in [0.1, 0.15) is 24.5 Å². The van der Waals surface area contributed by atoms with E-state index < -0.39 is 0 Å². The average Bonchev–Trinajstić information content (AvgIpc) is 3.22. The summed E-state index contributed by atoms with van der Waals surface area (Å²) in [6.45, 7) is 0. The van der Waals surface area contributed by atoms with E-state index in [0.717, 1.165) is 54.1 Å². The summed E-state index contributed by atoms with van der Waals surface area (Å²) in [7, 11) is 0. The zero-order valence-electron chi connectivity index (χ0n) is 13.8. The van der Waals surface area contributed by atoms with Gasteiger partial charge in [-0.3, -0.25) is 9.67 Å². The number of nitrogens with one attached hydrogen (secondary N) is 2. The van der Waals surface area contributed by atoms with Crippen LogP contribution in [-0.2, 0) is 12.8 Å². The average molecular weight is 349 g/mol. The number of imidazole rings is 1. The fourth-order valence-corrected chi connectivity index (χ4v) is 3.30. The van der Waals surface area contributed by atoms with Gasteiger partial charge in [0.1, 0.15) is 11.6 Å². The van der Waals surface area contributed by atoms with Crippen LogP contribution in [0.5, 0.6) is 0 Å². The minimum absolute atomic E-state index is 0.637. The van der Waals surface area contributed by atoms with E-state index in [9.17, 15) is 0 Å². The normalized spacial score (nSPS) is 11.2. The second kappa shape index (κ2) is 7.03. The van der Waals surface area contributed by atoms with Crippen molar-refractivity contribution < 1.29 is 0 Å². The summed E-state index contributed by atoms with van der Waals surface area (Å²) < 4.78 is 2.65. The Bertz CT molecular complexity index is 996. The Balaban J connectivity index is 1.40. The van der Waals surface area contributed by atoms with Crippen molar-refractivity contribution in [3.05, 3.63) is 71.0 Å².